The summed E-state index contributed by atoms with van der Waals surface area (Å²) in [7, 11) is 0. The lowest BCUT2D eigenvalue weighted by Crippen LogP contribution is -2.22. The zero-order valence-corrected chi connectivity index (χ0v) is 10.2. The number of nitrogens with one attached hydrogen (secondary N) is 2. The number of halogens is 1. The Hall–Kier alpha value is -2.63. The first kappa shape index (κ1) is 12.8. The molecule has 19 heavy (non-hydrogen) atoms. The van der Waals surface area contributed by atoms with E-state index >= 15 is 0 Å². The normalized spacial score (nSPS) is 10.2. The minimum atomic E-state index is -0.710. The molecule has 0 aliphatic rings. The molecule has 0 atom stereocenters. The van der Waals surface area contributed by atoms with Gasteiger partial charge in [-0.05, 0) is 19.1 Å². The molecule has 1 amide bonds. The smallest absolute Gasteiger partial charge is 0.261 e. The van der Waals surface area contributed by atoms with Gasteiger partial charge in [0, 0.05) is 18.0 Å². The molecule has 2 rings (SSSR count). The van der Waals surface area contributed by atoms with Gasteiger partial charge in [-0.2, -0.15) is 0 Å². The van der Waals surface area contributed by atoms with E-state index in [1.165, 1.54) is 30.5 Å². The molecule has 6 heteroatoms. The Morgan fingerprint density at radius 2 is 2.16 bits per heavy atom. The predicted octanol–water partition coefficient (Wildman–Crippen LogP) is 1.66. The molecule has 0 saturated heterocycles. The maximum Gasteiger partial charge on any atom is 0.261 e. The highest BCUT2D eigenvalue weighted by atomic mass is 19.1. The van der Waals surface area contributed by atoms with E-state index in [0.29, 0.717) is 5.69 Å². The summed E-state index contributed by atoms with van der Waals surface area (Å²) in [6.07, 6.45) is 1.28. The van der Waals surface area contributed by atoms with Crippen molar-refractivity contribution in [3.8, 4) is 0 Å². The first-order valence-electron chi connectivity index (χ1n) is 5.53. The number of benzene rings is 1. The van der Waals surface area contributed by atoms with Gasteiger partial charge in [-0.1, -0.05) is 6.07 Å². The largest absolute Gasteiger partial charge is 0.397 e. The van der Waals surface area contributed by atoms with Crippen molar-refractivity contribution in [1.82, 2.24) is 4.98 Å². The molecule has 5 nitrogen and oxygen atoms in total. The van der Waals surface area contributed by atoms with E-state index in [-0.39, 0.29) is 16.9 Å². The Bertz CT molecular complexity index is 674. The van der Waals surface area contributed by atoms with Gasteiger partial charge in [0.15, 0.2) is 5.43 Å². The molecule has 1 aromatic carbocycles. The summed E-state index contributed by atoms with van der Waals surface area (Å²) in [5, 5.41) is 2.30. The Morgan fingerprint density at radius 3 is 2.79 bits per heavy atom. The standard InChI is InChI=1S/C13H12FN3O2/c1-7-5-11(18)8(6-16-7)13(19)17-12-9(14)3-2-4-10(12)15/h2-6H,15H2,1H3,(H,16,18)(H,17,19). The molecule has 0 fully saturated rings. The predicted molar refractivity (Wildman–Crippen MR) is 70.6 cm³/mol. The molecular formula is C13H12FN3O2. The molecule has 1 aromatic heterocycles. The van der Waals surface area contributed by atoms with Gasteiger partial charge in [0.25, 0.3) is 5.91 Å². The maximum absolute atomic E-state index is 13.5. The number of aryl methyl sites for hydroxylation is 1. The van der Waals surface area contributed by atoms with Crippen LogP contribution in [0, 0.1) is 12.7 Å². The molecule has 0 aliphatic heterocycles. The van der Waals surface area contributed by atoms with E-state index in [9.17, 15) is 14.0 Å². The van der Waals surface area contributed by atoms with Crippen LogP contribution in [0.25, 0.3) is 0 Å². The third-order valence-electron chi connectivity index (χ3n) is 2.59. The highest BCUT2D eigenvalue weighted by Crippen LogP contribution is 2.22. The summed E-state index contributed by atoms with van der Waals surface area (Å²) in [6.45, 7) is 1.69. The average molecular weight is 261 g/mol. The second-order valence-corrected chi connectivity index (χ2v) is 4.05. The first-order valence-corrected chi connectivity index (χ1v) is 5.53. The molecule has 4 N–H and O–H groups in total. The molecular weight excluding hydrogens is 249 g/mol. The van der Waals surface area contributed by atoms with E-state index in [4.69, 9.17) is 5.73 Å². The van der Waals surface area contributed by atoms with Crippen LogP contribution in [0.2, 0.25) is 0 Å². The SMILES string of the molecule is Cc1cc(=O)c(C(=O)Nc2c(N)cccc2F)c[nH]1. The number of amides is 1. The molecule has 98 valence electrons. The van der Waals surface area contributed by atoms with Gasteiger partial charge in [-0.25, -0.2) is 4.39 Å². The van der Waals surface area contributed by atoms with Crippen molar-refractivity contribution >= 4 is 17.3 Å². The number of nitrogen functional groups attached to an aromatic ring is 1. The third kappa shape index (κ3) is 2.62. The Kier molecular flexibility index (Phi) is 3.33. The van der Waals surface area contributed by atoms with E-state index in [1.54, 1.807) is 6.92 Å². The fraction of sp³-hybridized carbons (Fsp3) is 0.0769. The summed E-state index contributed by atoms with van der Waals surface area (Å²) in [6, 6.07) is 5.35. The second-order valence-electron chi connectivity index (χ2n) is 4.05. The van der Waals surface area contributed by atoms with E-state index in [0.717, 1.165) is 0 Å². The number of aromatic nitrogens is 1. The van der Waals surface area contributed by atoms with Crippen molar-refractivity contribution in [3.63, 3.8) is 0 Å². The number of carbonyl (C=O) groups is 1. The first-order chi connectivity index (χ1) is 8.99. The summed E-state index contributed by atoms with van der Waals surface area (Å²) >= 11 is 0. The van der Waals surface area contributed by atoms with Gasteiger partial charge in [-0.15, -0.1) is 0 Å². The van der Waals surface area contributed by atoms with Crippen molar-refractivity contribution in [2.45, 2.75) is 6.92 Å². The summed E-state index contributed by atoms with van der Waals surface area (Å²) in [4.78, 5) is 26.3. The van der Waals surface area contributed by atoms with Gasteiger partial charge >= 0.3 is 0 Å². The number of para-hydroxylation sites is 1. The van der Waals surface area contributed by atoms with E-state index < -0.39 is 17.2 Å². The maximum atomic E-state index is 13.5. The highest BCUT2D eigenvalue weighted by Gasteiger charge is 2.14. The minimum absolute atomic E-state index is 0.0943. The summed E-state index contributed by atoms with van der Waals surface area (Å²) in [5.74, 6) is -1.37. The number of hydrogen-bond acceptors (Lipinski definition) is 3. The quantitative estimate of drug-likeness (QED) is 0.718. The third-order valence-corrected chi connectivity index (χ3v) is 2.59. The van der Waals surface area contributed by atoms with Crippen LogP contribution >= 0.6 is 0 Å². The number of anilines is 2. The number of nitrogens with two attached hydrogens (primary N) is 1. The fourth-order valence-electron chi connectivity index (χ4n) is 1.60. The van der Waals surface area contributed by atoms with Crippen LogP contribution in [-0.2, 0) is 0 Å². The molecule has 1 heterocycles. The van der Waals surface area contributed by atoms with Crippen LogP contribution in [0.15, 0.2) is 35.3 Å². The van der Waals surface area contributed by atoms with Crippen LogP contribution in [0.3, 0.4) is 0 Å². The highest BCUT2D eigenvalue weighted by molar-refractivity contribution is 6.05. The van der Waals surface area contributed by atoms with Crippen molar-refractivity contribution in [2.24, 2.45) is 0 Å². The van der Waals surface area contributed by atoms with Crippen molar-refractivity contribution in [3.05, 3.63) is 57.8 Å². The number of H-pyrrole nitrogens is 1. The van der Waals surface area contributed by atoms with Crippen LogP contribution in [0.5, 0.6) is 0 Å². The van der Waals surface area contributed by atoms with Crippen LogP contribution in [0.1, 0.15) is 16.1 Å². The molecule has 0 bridgehead atoms. The van der Waals surface area contributed by atoms with E-state index in [2.05, 4.69) is 10.3 Å². The molecule has 2 aromatic rings. The van der Waals surface area contributed by atoms with Crippen LogP contribution in [0.4, 0.5) is 15.8 Å². The lowest BCUT2D eigenvalue weighted by molar-refractivity contribution is 0.102. The average Bonchev–Trinajstić information content (AvgIpc) is 2.33. The fourth-order valence-corrected chi connectivity index (χ4v) is 1.60. The van der Waals surface area contributed by atoms with Gasteiger partial charge in [-0.3, -0.25) is 9.59 Å². The van der Waals surface area contributed by atoms with Gasteiger partial charge in [0.1, 0.15) is 17.1 Å². The number of aromatic amines is 1. The number of rotatable bonds is 2. The molecule has 0 unspecified atom stereocenters. The Morgan fingerprint density at radius 1 is 1.42 bits per heavy atom. The Labute approximate surface area is 108 Å². The van der Waals surface area contributed by atoms with E-state index in [1.807, 2.05) is 0 Å². The lowest BCUT2D eigenvalue weighted by Gasteiger charge is -2.08. The number of carbonyl (C=O) groups excluding carboxylic acids is 1. The molecule has 0 spiro atoms. The summed E-state index contributed by atoms with van der Waals surface area (Å²) < 4.78 is 13.5. The minimum Gasteiger partial charge on any atom is -0.397 e. The molecule has 0 saturated carbocycles. The number of hydrogen-bond donors (Lipinski definition) is 3. The zero-order valence-electron chi connectivity index (χ0n) is 10.2. The Balaban J connectivity index is 2.34. The van der Waals surface area contributed by atoms with Crippen molar-refractivity contribution < 1.29 is 9.18 Å². The molecule has 0 radical (unpaired) electrons. The zero-order chi connectivity index (χ0) is 14.0. The van der Waals surface area contributed by atoms with Crippen LogP contribution in [-0.4, -0.2) is 10.9 Å². The summed E-state index contributed by atoms with van der Waals surface area (Å²) in [5.41, 5.74) is 5.62. The second kappa shape index (κ2) is 4.93. The van der Waals surface area contributed by atoms with Gasteiger partial charge in [0.05, 0.1) is 5.69 Å². The van der Waals surface area contributed by atoms with Gasteiger partial charge < -0.3 is 16.0 Å². The van der Waals surface area contributed by atoms with Crippen LogP contribution < -0.4 is 16.5 Å². The van der Waals surface area contributed by atoms with Gasteiger partial charge in [0.2, 0.25) is 0 Å². The number of pyridine rings is 1. The van der Waals surface area contributed by atoms with Crippen molar-refractivity contribution in [2.75, 3.05) is 11.1 Å². The topological polar surface area (TPSA) is 88.0 Å². The molecule has 0 aliphatic carbocycles. The van der Waals surface area contributed by atoms with Crippen molar-refractivity contribution in [1.29, 1.82) is 0 Å². The monoisotopic (exact) mass is 261 g/mol. The lowest BCUT2D eigenvalue weighted by atomic mass is 10.2.